The fourth-order valence-electron chi connectivity index (χ4n) is 2.05. The summed E-state index contributed by atoms with van der Waals surface area (Å²) in [5.41, 5.74) is 1.97. The molecular weight excluding hydrogens is 238 g/mol. The highest BCUT2D eigenvalue weighted by Gasteiger charge is 2.23. The van der Waals surface area contributed by atoms with Crippen molar-refractivity contribution in [3.05, 3.63) is 60.3 Å². The van der Waals surface area contributed by atoms with Crippen molar-refractivity contribution in [2.24, 2.45) is 5.10 Å². The van der Waals surface area contributed by atoms with Crippen molar-refractivity contribution in [1.29, 1.82) is 0 Å². The number of anilines is 1. The van der Waals surface area contributed by atoms with Crippen molar-refractivity contribution < 1.29 is 4.79 Å². The molecule has 1 aromatic carbocycles. The van der Waals surface area contributed by atoms with E-state index in [0.29, 0.717) is 18.7 Å². The number of hydrazone groups is 1. The second-order valence-corrected chi connectivity index (χ2v) is 4.31. The Morgan fingerprint density at radius 3 is 2.47 bits per heavy atom. The molecule has 1 aliphatic rings. The van der Waals surface area contributed by atoms with Crippen LogP contribution in [0.3, 0.4) is 0 Å². The van der Waals surface area contributed by atoms with E-state index in [0.717, 1.165) is 11.3 Å². The Kier molecular flexibility index (Phi) is 3.06. The maximum atomic E-state index is 12.0. The topological polar surface area (TPSA) is 45.6 Å². The maximum Gasteiger partial charge on any atom is 0.249 e. The van der Waals surface area contributed by atoms with E-state index in [1.807, 2.05) is 42.5 Å². The van der Waals surface area contributed by atoms with Gasteiger partial charge in [-0.05, 0) is 17.7 Å². The molecule has 0 saturated carbocycles. The van der Waals surface area contributed by atoms with E-state index in [1.165, 1.54) is 5.01 Å². The molecule has 2 aromatic rings. The Morgan fingerprint density at radius 1 is 0.947 bits per heavy atom. The van der Waals surface area contributed by atoms with Gasteiger partial charge in [-0.15, -0.1) is 0 Å². The first-order valence-corrected chi connectivity index (χ1v) is 6.21. The zero-order chi connectivity index (χ0) is 13.1. The Hall–Kier alpha value is -2.49. The summed E-state index contributed by atoms with van der Waals surface area (Å²) in [6, 6.07) is 15.4. The maximum absolute atomic E-state index is 12.0. The van der Waals surface area contributed by atoms with Crippen LogP contribution in [0.5, 0.6) is 0 Å². The molecule has 1 aliphatic heterocycles. The molecule has 0 unspecified atom stereocenters. The van der Waals surface area contributed by atoms with Gasteiger partial charge in [0.1, 0.15) is 0 Å². The molecule has 2 heterocycles. The van der Waals surface area contributed by atoms with E-state index in [2.05, 4.69) is 10.1 Å². The van der Waals surface area contributed by atoms with Crippen LogP contribution >= 0.6 is 0 Å². The van der Waals surface area contributed by atoms with Gasteiger partial charge in [0, 0.05) is 19.0 Å². The van der Waals surface area contributed by atoms with Crippen molar-refractivity contribution in [3.63, 3.8) is 0 Å². The third-order valence-corrected chi connectivity index (χ3v) is 3.01. The number of amides is 1. The zero-order valence-corrected chi connectivity index (χ0v) is 10.4. The minimum Gasteiger partial charge on any atom is -0.272 e. The molecule has 0 atom stereocenters. The number of aromatic nitrogens is 1. The average molecular weight is 251 g/mol. The summed E-state index contributed by atoms with van der Waals surface area (Å²) in [7, 11) is 0. The average Bonchev–Trinajstić information content (AvgIpc) is 2.49. The van der Waals surface area contributed by atoms with Crippen LogP contribution in [0.4, 0.5) is 5.82 Å². The molecule has 0 fully saturated rings. The SMILES string of the molecule is O=C1CCC(c2ccccc2)=NN1c1ccccn1. The van der Waals surface area contributed by atoms with Crippen molar-refractivity contribution in [3.8, 4) is 0 Å². The normalized spacial score (nSPS) is 15.3. The van der Waals surface area contributed by atoms with Gasteiger partial charge in [0.15, 0.2) is 5.82 Å². The van der Waals surface area contributed by atoms with Gasteiger partial charge in [-0.3, -0.25) is 4.79 Å². The van der Waals surface area contributed by atoms with Crippen LogP contribution in [0.25, 0.3) is 0 Å². The first-order valence-electron chi connectivity index (χ1n) is 6.21. The molecule has 4 heteroatoms. The smallest absolute Gasteiger partial charge is 0.249 e. The second-order valence-electron chi connectivity index (χ2n) is 4.31. The number of carbonyl (C=O) groups is 1. The summed E-state index contributed by atoms with van der Waals surface area (Å²) in [6.07, 6.45) is 2.80. The van der Waals surface area contributed by atoms with E-state index in [1.54, 1.807) is 12.3 Å². The highest BCUT2D eigenvalue weighted by Crippen LogP contribution is 2.20. The minimum absolute atomic E-state index is 0.0154. The fourth-order valence-corrected chi connectivity index (χ4v) is 2.05. The Morgan fingerprint density at radius 2 is 1.74 bits per heavy atom. The highest BCUT2D eigenvalue weighted by atomic mass is 16.2. The standard InChI is InChI=1S/C15H13N3O/c19-15-10-9-13(12-6-2-1-3-7-12)17-18(15)14-8-4-5-11-16-14/h1-8,11H,9-10H2. The number of carbonyl (C=O) groups excluding carboxylic acids is 1. The van der Waals surface area contributed by atoms with E-state index < -0.39 is 0 Å². The lowest BCUT2D eigenvalue weighted by Crippen LogP contribution is -2.32. The van der Waals surface area contributed by atoms with Gasteiger partial charge in [-0.25, -0.2) is 4.98 Å². The lowest BCUT2D eigenvalue weighted by atomic mass is 10.0. The first kappa shape index (κ1) is 11.6. The van der Waals surface area contributed by atoms with Gasteiger partial charge in [0.25, 0.3) is 0 Å². The number of pyridine rings is 1. The quantitative estimate of drug-likeness (QED) is 0.823. The summed E-state index contributed by atoms with van der Waals surface area (Å²) < 4.78 is 0. The van der Waals surface area contributed by atoms with E-state index in [9.17, 15) is 4.79 Å². The van der Waals surface area contributed by atoms with E-state index >= 15 is 0 Å². The summed E-state index contributed by atoms with van der Waals surface area (Å²) in [5, 5.41) is 5.84. The van der Waals surface area contributed by atoms with Crippen molar-refractivity contribution in [2.45, 2.75) is 12.8 Å². The molecule has 94 valence electrons. The number of rotatable bonds is 2. The van der Waals surface area contributed by atoms with E-state index in [-0.39, 0.29) is 5.91 Å². The van der Waals surface area contributed by atoms with Crippen LogP contribution in [0, 0.1) is 0 Å². The Bertz CT molecular complexity index is 608. The molecular formula is C15H13N3O. The minimum atomic E-state index is -0.0154. The molecule has 1 aromatic heterocycles. The molecule has 0 radical (unpaired) electrons. The summed E-state index contributed by atoms with van der Waals surface area (Å²) >= 11 is 0. The molecule has 0 aliphatic carbocycles. The predicted octanol–water partition coefficient (Wildman–Crippen LogP) is 2.61. The number of hydrogen-bond donors (Lipinski definition) is 0. The Labute approximate surface area is 111 Å². The van der Waals surface area contributed by atoms with Gasteiger partial charge in [0.2, 0.25) is 5.91 Å². The third-order valence-electron chi connectivity index (χ3n) is 3.01. The molecule has 3 rings (SSSR count). The molecule has 4 nitrogen and oxygen atoms in total. The molecule has 0 saturated heterocycles. The van der Waals surface area contributed by atoms with Crippen LogP contribution in [-0.2, 0) is 4.79 Å². The van der Waals surface area contributed by atoms with E-state index in [4.69, 9.17) is 0 Å². The summed E-state index contributed by atoms with van der Waals surface area (Å²) in [6.45, 7) is 0. The number of hydrogen-bond acceptors (Lipinski definition) is 3. The molecule has 0 bridgehead atoms. The number of nitrogens with zero attached hydrogens (tertiary/aromatic N) is 3. The second kappa shape index (κ2) is 5.02. The lowest BCUT2D eigenvalue weighted by Gasteiger charge is -2.22. The molecule has 0 spiro atoms. The largest absolute Gasteiger partial charge is 0.272 e. The predicted molar refractivity (Wildman–Crippen MR) is 73.9 cm³/mol. The van der Waals surface area contributed by atoms with Crippen molar-refractivity contribution in [1.82, 2.24) is 4.98 Å². The van der Waals surface area contributed by atoms with Crippen molar-refractivity contribution >= 4 is 17.4 Å². The molecule has 0 N–H and O–H groups in total. The molecule has 19 heavy (non-hydrogen) atoms. The van der Waals surface area contributed by atoms with Crippen LogP contribution in [0.1, 0.15) is 18.4 Å². The number of benzene rings is 1. The van der Waals surface area contributed by atoms with Crippen molar-refractivity contribution in [2.75, 3.05) is 5.01 Å². The summed E-state index contributed by atoms with van der Waals surface area (Å²) in [4.78, 5) is 16.1. The summed E-state index contributed by atoms with van der Waals surface area (Å²) in [5.74, 6) is 0.555. The fraction of sp³-hybridized carbons (Fsp3) is 0.133. The zero-order valence-electron chi connectivity index (χ0n) is 10.4. The van der Waals surface area contributed by atoms with Gasteiger partial charge >= 0.3 is 0 Å². The van der Waals surface area contributed by atoms with Gasteiger partial charge < -0.3 is 0 Å². The van der Waals surface area contributed by atoms with Gasteiger partial charge in [0.05, 0.1) is 5.71 Å². The van der Waals surface area contributed by atoms with Gasteiger partial charge in [-0.1, -0.05) is 36.4 Å². The third kappa shape index (κ3) is 2.38. The van der Waals surface area contributed by atoms with Crippen LogP contribution < -0.4 is 5.01 Å². The molecule has 1 amide bonds. The van der Waals surface area contributed by atoms with Crippen LogP contribution in [0.2, 0.25) is 0 Å². The monoisotopic (exact) mass is 251 g/mol. The van der Waals surface area contributed by atoms with Crippen LogP contribution in [-0.4, -0.2) is 16.6 Å². The van der Waals surface area contributed by atoms with Gasteiger partial charge in [-0.2, -0.15) is 10.1 Å². The first-order chi connectivity index (χ1) is 9.34. The van der Waals surface area contributed by atoms with Crippen LogP contribution in [0.15, 0.2) is 59.8 Å². The highest BCUT2D eigenvalue weighted by molar-refractivity contribution is 6.08. The lowest BCUT2D eigenvalue weighted by molar-refractivity contribution is -0.118. The Balaban J connectivity index is 1.98.